The molecule has 1 aromatic heterocycles. The van der Waals surface area contributed by atoms with E-state index in [1.165, 1.54) is 5.56 Å². The van der Waals surface area contributed by atoms with Gasteiger partial charge in [-0.05, 0) is 32.4 Å². The van der Waals surface area contributed by atoms with Crippen molar-refractivity contribution in [2.75, 3.05) is 0 Å². The third-order valence-corrected chi connectivity index (χ3v) is 3.35. The molecule has 0 N–H and O–H groups in total. The summed E-state index contributed by atoms with van der Waals surface area (Å²) in [7, 11) is 0. The van der Waals surface area contributed by atoms with Crippen LogP contribution in [0.2, 0.25) is 5.15 Å². The Labute approximate surface area is 112 Å². The molecule has 0 fully saturated rings. The molecule has 2 aromatic rings. The van der Waals surface area contributed by atoms with Gasteiger partial charge in [0.25, 0.3) is 0 Å². The standard InChI is InChI=1S/C14H14ClN3/c1-9-4-5-13(10(2)8-9)18-14(15)12(6-7-16)11(3)17-18/h4-5,8H,6H2,1-3H3. The Hall–Kier alpha value is -1.79. The van der Waals surface area contributed by atoms with Crippen molar-refractivity contribution in [3.05, 3.63) is 45.7 Å². The summed E-state index contributed by atoms with van der Waals surface area (Å²) in [5, 5.41) is 13.7. The van der Waals surface area contributed by atoms with Gasteiger partial charge in [0.2, 0.25) is 0 Å². The molecule has 0 bridgehead atoms. The molecule has 0 saturated carbocycles. The van der Waals surface area contributed by atoms with Gasteiger partial charge < -0.3 is 0 Å². The van der Waals surface area contributed by atoms with E-state index in [0.717, 1.165) is 22.5 Å². The normalized spacial score (nSPS) is 10.4. The van der Waals surface area contributed by atoms with Crippen molar-refractivity contribution in [2.24, 2.45) is 0 Å². The fourth-order valence-electron chi connectivity index (χ4n) is 2.01. The lowest BCUT2D eigenvalue weighted by Crippen LogP contribution is -2.00. The van der Waals surface area contributed by atoms with Crippen molar-refractivity contribution in [1.29, 1.82) is 5.26 Å². The van der Waals surface area contributed by atoms with Crippen LogP contribution in [0.1, 0.15) is 22.4 Å². The number of rotatable bonds is 2. The highest BCUT2D eigenvalue weighted by molar-refractivity contribution is 6.30. The summed E-state index contributed by atoms with van der Waals surface area (Å²) in [5.74, 6) is 0. The van der Waals surface area contributed by atoms with Crippen LogP contribution in [-0.4, -0.2) is 9.78 Å². The second-order valence-corrected chi connectivity index (χ2v) is 4.75. The molecular weight excluding hydrogens is 246 g/mol. The van der Waals surface area contributed by atoms with Gasteiger partial charge in [-0.2, -0.15) is 10.4 Å². The van der Waals surface area contributed by atoms with Crippen LogP contribution in [0.15, 0.2) is 18.2 Å². The van der Waals surface area contributed by atoms with Gasteiger partial charge in [0, 0.05) is 5.56 Å². The smallest absolute Gasteiger partial charge is 0.137 e. The minimum absolute atomic E-state index is 0.287. The lowest BCUT2D eigenvalue weighted by molar-refractivity contribution is 0.856. The number of hydrogen-bond acceptors (Lipinski definition) is 2. The van der Waals surface area contributed by atoms with E-state index in [4.69, 9.17) is 16.9 Å². The SMILES string of the molecule is Cc1ccc(-n2nc(C)c(CC#N)c2Cl)c(C)c1. The van der Waals surface area contributed by atoms with Crippen LogP contribution in [0.4, 0.5) is 0 Å². The van der Waals surface area contributed by atoms with E-state index in [0.29, 0.717) is 5.15 Å². The Morgan fingerprint density at radius 2 is 2.06 bits per heavy atom. The fraction of sp³-hybridized carbons (Fsp3) is 0.286. The van der Waals surface area contributed by atoms with E-state index >= 15 is 0 Å². The Morgan fingerprint density at radius 3 is 2.67 bits per heavy atom. The van der Waals surface area contributed by atoms with Crippen LogP contribution in [0, 0.1) is 32.1 Å². The van der Waals surface area contributed by atoms with Gasteiger partial charge >= 0.3 is 0 Å². The summed E-state index contributed by atoms with van der Waals surface area (Å²) in [6.07, 6.45) is 0.287. The van der Waals surface area contributed by atoms with E-state index in [1.54, 1.807) is 4.68 Å². The number of nitrogens with zero attached hydrogens (tertiary/aromatic N) is 3. The highest BCUT2D eigenvalue weighted by Crippen LogP contribution is 2.25. The zero-order valence-corrected chi connectivity index (χ0v) is 11.4. The fourth-order valence-corrected chi connectivity index (χ4v) is 2.35. The first-order valence-electron chi connectivity index (χ1n) is 5.73. The summed E-state index contributed by atoms with van der Waals surface area (Å²) >= 11 is 6.30. The van der Waals surface area contributed by atoms with Crippen molar-refractivity contribution in [1.82, 2.24) is 9.78 Å². The second-order valence-electron chi connectivity index (χ2n) is 4.39. The molecule has 2 rings (SSSR count). The number of nitriles is 1. The van der Waals surface area contributed by atoms with Crippen molar-refractivity contribution >= 4 is 11.6 Å². The first kappa shape index (κ1) is 12.7. The minimum atomic E-state index is 0.287. The number of halogens is 1. The van der Waals surface area contributed by atoms with Crippen LogP contribution in [0.25, 0.3) is 5.69 Å². The number of hydrogen-bond donors (Lipinski definition) is 0. The predicted molar refractivity (Wildman–Crippen MR) is 72.1 cm³/mol. The number of aryl methyl sites for hydroxylation is 3. The predicted octanol–water partition coefficient (Wildman–Crippen LogP) is 3.52. The zero-order chi connectivity index (χ0) is 13.3. The van der Waals surface area contributed by atoms with Crippen LogP contribution < -0.4 is 0 Å². The summed E-state index contributed by atoms with van der Waals surface area (Å²) in [5.41, 5.74) is 4.88. The van der Waals surface area contributed by atoms with Gasteiger partial charge in [0.05, 0.1) is 23.9 Å². The van der Waals surface area contributed by atoms with Crippen LogP contribution >= 0.6 is 11.6 Å². The lowest BCUT2D eigenvalue weighted by atomic mass is 10.1. The summed E-state index contributed by atoms with van der Waals surface area (Å²) < 4.78 is 1.71. The molecule has 0 aliphatic carbocycles. The largest absolute Gasteiger partial charge is 0.221 e. The molecule has 0 spiro atoms. The number of benzene rings is 1. The molecule has 0 saturated heterocycles. The molecule has 0 unspecified atom stereocenters. The molecule has 92 valence electrons. The van der Waals surface area contributed by atoms with Gasteiger partial charge in [0.1, 0.15) is 5.15 Å². The van der Waals surface area contributed by atoms with Crippen molar-refractivity contribution < 1.29 is 0 Å². The van der Waals surface area contributed by atoms with Gasteiger partial charge in [-0.25, -0.2) is 4.68 Å². The van der Waals surface area contributed by atoms with Crippen molar-refractivity contribution in [2.45, 2.75) is 27.2 Å². The average molecular weight is 260 g/mol. The van der Waals surface area contributed by atoms with E-state index in [9.17, 15) is 0 Å². The molecule has 0 aliphatic heterocycles. The molecule has 0 aliphatic rings. The van der Waals surface area contributed by atoms with Crippen LogP contribution in [0.5, 0.6) is 0 Å². The van der Waals surface area contributed by atoms with Gasteiger partial charge in [-0.1, -0.05) is 29.3 Å². The quantitative estimate of drug-likeness (QED) is 0.828. The monoisotopic (exact) mass is 259 g/mol. The van der Waals surface area contributed by atoms with Crippen LogP contribution in [0.3, 0.4) is 0 Å². The minimum Gasteiger partial charge on any atom is -0.221 e. The van der Waals surface area contributed by atoms with Crippen molar-refractivity contribution in [3.63, 3.8) is 0 Å². The van der Waals surface area contributed by atoms with Crippen LogP contribution in [-0.2, 0) is 6.42 Å². The summed E-state index contributed by atoms with van der Waals surface area (Å²) in [6, 6.07) is 8.23. The second kappa shape index (κ2) is 4.83. The first-order valence-corrected chi connectivity index (χ1v) is 6.11. The van der Waals surface area contributed by atoms with Gasteiger partial charge in [-0.3, -0.25) is 0 Å². The summed E-state index contributed by atoms with van der Waals surface area (Å²) in [6.45, 7) is 5.95. The molecule has 4 heteroatoms. The maximum Gasteiger partial charge on any atom is 0.137 e. The molecule has 3 nitrogen and oxygen atoms in total. The zero-order valence-electron chi connectivity index (χ0n) is 10.7. The third kappa shape index (κ3) is 2.12. The maximum absolute atomic E-state index is 8.79. The number of aromatic nitrogens is 2. The van der Waals surface area contributed by atoms with E-state index in [1.807, 2.05) is 32.9 Å². The van der Waals surface area contributed by atoms with E-state index < -0.39 is 0 Å². The van der Waals surface area contributed by atoms with E-state index in [-0.39, 0.29) is 6.42 Å². The van der Waals surface area contributed by atoms with E-state index in [2.05, 4.69) is 17.2 Å². The Bertz CT molecular complexity index is 635. The third-order valence-electron chi connectivity index (χ3n) is 2.96. The Kier molecular flexibility index (Phi) is 3.40. The first-order chi connectivity index (χ1) is 8.54. The molecule has 1 aromatic carbocycles. The van der Waals surface area contributed by atoms with Gasteiger partial charge in [0.15, 0.2) is 0 Å². The molecule has 18 heavy (non-hydrogen) atoms. The Balaban J connectivity index is 2.58. The highest BCUT2D eigenvalue weighted by atomic mass is 35.5. The molecule has 0 radical (unpaired) electrons. The molecule has 0 amide bonds. The lowest BCUT2D eigenvalue weighted by Gasteiger charge is -2.08. The van der Waals surface area contributed by atoms with Crippen molar-refractivity contribution in [3.8, 4) is 11.8 Å². The molecular formula is C14H14ClN3. The van der Waals surface area contributed by atoms with Gasteiger partial charge in [-0.15, -0.1) is 0 Å². The average Bonchev–Trinajstić information content (AvgIpc) is 2.58. The highest BCUT2D eigenvalue weighted by Gasteiger charge is 2.15. The summed E-state index contributed by atoms with van der Waals surface area (Å²) in [4.78, 5) is 0. The topological polar surface area (TPSA) is 41.6 Å². The maximum atomic E-state index is 8.79. The Morgan fingerprint density at radius 1 is 1.33 bits per heavy atom. The molecule has 1 heterocycles. The molecule has 0 atom stereocenters.